The Labute approximate surface area is 185 Å². The van der Waals surface area contributed by atoms with E-state index in [4.69, 9.17) is 15.9 Å². The standard InChI is InChI=1S/C8H5BrF3NO3.C8H4BrF3O3/c9-4-1-3(7(14)15)2-5(6(4)13)16-8(10,11)12;9-5-1-4(7(13)14)2-6(3-5)15-8(10,11)12/h1-2H,13H2,(H,14,15);1-3H,(H,13,14). The number of aromatic carboxylic acids is 2. The van der Waals surface area contributed by atoms with Gasteiger partial charge in [0.2, 0.25) is 0 Å². The molecule has 0 amide bonds. The largest absolute Gasteiger partial charge is 0.573 e. The van der Waals surface area contributed by atoms with E-state index >= 15 is 0 Å². The molecule has 0 fully saturated rings. The number of halogens is 8. The minimum absolute atomic E-state index is 0.0200. The van der Waals surface area contributed by atoms with E-state index < -0.39 is 36.2 Å². The Kier molecular flexibility index (Phi) is 8.57. The highest BCUT2D eigenvalue weighted by Crippen LogP contribution is 2.35. The summed E-state index contributed by atoms with van der Waals surface area (Å²) in [5.41, 5.74) is 4.33. The van der Waals surface area contributed by atoms with E-state index in [0.717, 1.165) is 18.2 Å². The number of alkyl halides is 6. The van der Waals surface area contributed by atoms with Gasteiger partial charge in [0.25, 0.3) is 0 Å². The predicted octanol–water partition coefficient (Wildman–Crippen LogP) is 5.67. The normalized spacial score (nSPS) is 11.2. The molecule has 15 heteroatoms. The molecule has 0 aliphatic heterocycles. The van der Waals surface area contributed by atoms with Crippen molar-refractivity contribution < 1.29 is 55.6 Å². The van der Waals surface area contributed by atoms with E-state index in [-0.39, 0.29) is 25.8 Å². The monoisotopic (exact) mass is 583 g/mol. The first-order valence-electron chi connectivity index (χ1n) is 7.36. The number of carbonyl (C=O) groups is 2. The summed E-state index contributed by atoms with van der Waals surface area (Å²) in [7, 11) is 0. The van der Waals surface area contributed by atoms with Crippen molar-refractivity contribution in [2.75, 3.05) is 5.73 Å². The van der Waals surface area contributed by atoms with Gasteiger partial charge in [-0.15, -0.1) is 26.3 Å². The van der Waals surface area contributed by atoms with Gasteiger partial charge in [-0.1, -0.05) is 15.9 Å². The maximum Gasteiger partial charge on any atom is 0.573 e. The lowest BCUT2D eigenvalue weighted by molar-refractivity contribution is -0.275. The Morgan fingerprint density at radius 3 is 1.74 bits per heavy atom. The minimum atomic E-state index is -4.93. The second-order valence-corrected chi connectivity index (χ2v) is 7.02. The number of ether oxygens (including phenoxy) is 2. The van der Waals surface area contributed by atoms with E-state index in [9.17, 15) is 35.9 Å². The summed E-state index contributed by atoms with van der Waals surface area (Å²) < 4.78 is 78.7. The first-order chi connectivity index (χ1) is 14.0. The summed E-state index contributed by atoms with van der Waals surface area (Å²) in [4.78, 5) is 21.1. The third-order valence-corrected chi connectivity index (χ3v) is 4.03. The summed E-state index contributed by atoms with van der Waals surface area (Å²) in [6.07, 6.45) is -9.76. The second kappa shape index (κ2) is 10.1. The number of nitrogen functional groups attached to an aromatic ring is 1. The molecule has 0 unspecified atom stereocenters. The summed E-state index contributed by atoms with van der Waals surface area (Å²) in [6, 6.07) is 4.78. The number of hydrogen-bond donors (Lipinski definition) is 3. The zero-order valence-electron chi connectivity index (χ0n) is 14.5. The van der Waals surface area contributed by atoms with Crippen LogP contribution in [0.4, 0.5) is 32.0 Å². The maximum atomic E-state index is 11.9. The van der Waals surface area contributed by atoms with Crippen molar-refractivity contribution >= 4 is 49.5 Å². The highest BCUT2D eigenvalue weighted by atomic mass is 79.9. The van der Waals surface area contributed by atoms with Gasteiger partial charge in [-0.3, -0.25) is 0 Å². The van der Waals surface area contributed by atoms with Crippen LogP contribution in [0.2, 0.25) is 0 Å². The van der Waals surface area contributed by atoms with Crippen molar-refractivity contribution in [2.45, 2.75) is 12.7 Å². The molecule has 170 valence electrons. The molecular weight excluding hydrogens is 576 g/mol. The van der Waals surface area contributed by atoms with Gasteiger partial charge >= 0.3 is 24.7 Å². The molecule has 0 radical (unpaired) electrons. The molecule has 0 aromatic heterocycles. The van der Waals surface area contributed by atoms with Gasteiger partial charge < -0.3 is 25.4 Å². The lowest BCUT2D eigenvalue weighted by Crippen LogP contribution is -2.18. The zero-order valence-corrected chi connectivity index (χ0v) is 17.7. The lowest BCUT2D eigenvalue weighted by Gasteiger charge is -2.12. The number of hydrogen-bond acceptors (Lipinski definition) is 5. The van der Waals surface area contributed by atoms with Gasteiger partial charge in [-0.2, -0.15) is 0 Å². The molecule has 2 aromatic carbocycles. The third-order valence-electron chi connectivity index (χ3n) is 2.92. The summed E-state index contributed by atoms with van der Waals surface area (Å²) in [6.45, 7) is 0. The fourth-order valence-corrected chi connectivity index (χ4v) is 2.72. The van der Waals surface area contributed by atoms with Crippen molar-refractivity contribution in [3.8, 4) is 11.5 Å². The first kappa shape index (κ1) is 26.4. The zero-order chi connectivity index (χ0) is 24.1. The molecule has 2 rings (SSSR count). The Morgan fingerprint density at radius 2 is 1.29 bits per heavy atom. The number of anilines is 1. The van der Waals surface area contributed by atoms with Crippen LogP contribution >= 0.6 is 31.9 Å². The van der Waals surface area contributed by atoms with Crippen molar-refractivity contribution in [1.82, 2.24) is 0 Å². The van der Waals surface area contributed by atoms with E-state index in [1.54, 1.807) is 0 Å². The van der Waals surface area contributed by atoms with Crippen LogP contribution in [0.1, 0.15) is 20.7 Å². The molecular formula is C16H9Br2F6NO6. The van der Waals surface area contributed by atoms with Gasteiger partial charge in [0.05, 0.1) is 16.8 Å². The summed E-state index contributed by atoms with van der Waals surface area (Å²) in [5.74, 6) is -4.04. The van der Waals surface area contributed by atoms with Crippen molar-refractivity contribution in [2.24, 2.45) is 0 Å². The number of benzene rings is 2. The number of carboxylic acids is 2. The molecule has 0 aliphatic carbocycles. The summed E-state index contributed by atoms with van der Waals surface area (Å²) in [5, 5.41) is 17.2. The third kappa shape index (κ3) is 9.33. The molecule has 0 aliphatic rings. The average Bonchev–Trinajstić information content (AvgIpc) is 2.55. The first-order valence-corrected chi connectivity index (χ1v) is 8.95. The smallest absolute Gasteiger partial charge is 0.478 e. The van der Waals surface area contributed by atoms with E-state index in [1.807, 2.05) is 0 Å². The van der Waals surface area contributed by atoms with Crippen LogP contribution < -0.4 is 15.2 Å². The quantitative estimate of drug-likeness (QED) is 0.313. The number of carboxylic acid groups (broad SMARTS) is 2. The molecule has 0 saturated heterocycles. The van der Waals surface area contributed by atoms with Crippen LogP contribution in [0.15, 0.2) is 39.3 Å². The second-order valence-electron chi connectivity index (χ2n) is 5.25. The van der Waals surface area contributed by atoms with Crippen LogP contribution in [-0.4, -0.2) is 34.9 Å². The Bertz CT molecular complexity index is 980. The average molecular weight is 585 g/mol. The van der Waals surface area contributed by atoms with Crippen molar-refractivity contribution in [1.29, 1.82) is 0 Å². The fourth-order valence-electron chi connectivity index (χ4n) is 1.80. The van der Waals surface area contributed by atoms with E-state index in [1.165, 1.54) is 6.07 Å². The molecule has 0 bridgehead atoms. The van der Waals surface area contributed by atoms with Gasteiger partial charge in [0.1, 0.15) is 5.75 Å². The minimum Gasteiger partial charge on any atom is -0.478 e. The van der Waals surface area contributed by atoms with Gasteiger partial charge in [-0.05, 0) is 46.3 Å². The highest BCUT2D eigenvalue weighted by Gasteiger charge is 2.33. The maximum absolute atomic E-state index is 11.9. The molecule has 0 spiro atoms. The Morgan fingerprint density at radius 1 is 0.806 bits per heavy atom. The van der Waals surface area contributed by atoms with Crippen molar-refractivity contribution in [3.63, 3.8) is 0 Å². The van der Waals surface area contributed by atoms with Crippen LogP contribution in [0, 0.1) is 0 Å². The van der Waals surface area contributed by atoms with Crippen LogP contribution in [0.3, 0.4) is 0 Å². The molecule has 0 atom stereocenters. The van der Waals surface area contributed by atoms with Crippen molar-refractivity contribution in [3.05, 3.63) is 50.4 Å². The molecule has 0 heterocycles. The molecule has 0 saturated carbocycles. The predicted molar refractivity (Wildman–Crippen MR) is 100.0 cm³/mol. The Balaban J connectivity index is 0.000000311. The van der Waals surface area contributed by atoms with Crippen LogP contribution in [0.25, 0.3) is 0 Å². The van der Waals surface area contributed by atoms with Gasteiger partial charge in [0.15, 0.2) is 5.75 Å². The van der Waals surface area contributed by atoms with Gasteiger partial charge in [-0.25, -0.2) is 9.59 Å². The molecule has 7 nitrogen and oxygen atoms in total. The molecule has 31 heavy (non-hydrogen) atoms. The number of nitrogens with two attached hydrogens (primary N) is 1. The van der Waals surface area contributed by atoms with Crippen LogP contribution in [0.5, 0.6) is 11.5 Å². The van der Waals surface area contributed by atoms with E-state index in [0.29, 0.717) is 6.07 Å². The summed E-state index contributed by atoms with van der Waals surface area (Å²) >= 11 is 5.72. The topological polar surface area (TPSA) is 119 Å². The molecule has 4 N–H and O–H groups in total. The Hall–Kier alpha value is -2.68. The van der Waals surface area contributed by atoms with Crippen LogP contribution in [-0.2, 0) is 0 Å². The number of rotatable bonds is 4. The fraction of sp³-hybridized carbons (Fsp3) is 0.125. The SMILES string of the molecule is Nc1c(Br)cc(C(=O)O)cc1OC(F)(F)F.O=C(O)c1cc(Br)cc(OC(F)(F)F)c1. The lowest BCUT2D eigenvalue weighted by atomic mass is 10.2. The van der Waals surface area contributed by atoms with Gasteiger partial charge in [0, 0.05) is 8.95 Å². The highest BCUT2D eigenvalue weighted by molar-refractivity contribution is 9.10. The molecule has 2 aromatic rings. The van der Waals surface area contributed by atoms with E-state index in [2.05, 4.69) is 41.3 Å².